The Hall–Kier alpha value is -1.35. The van der Waals surface area contributed by atoms with Gasteiger partial charge in [-0.2, -0.15) is 0 Å². The molecule has 0 amide bonds. The lowest BCUT2D eigenvalue weighted by atomic mass is 10.3. The molecule has 0 heterocycles. The molecule has 0 spiro atoms. The second kappa shape index (κ2) is 3.73. The maximum atomic E-state index is 5.50. The van der Waals surface area contributed by atoms with Crippen molar-refractivity contribution < 1.29 is 5.32 Å². The van der Waals surface area contributed by atoms with E-state index in [4.69, 9.17) is 5.73 Å². The third-order valence-electron chi connectivity index (χ3n) is 1.37. The number of benzene rings is 1. The number of nitrogens with two attached hydrogens (primary N) is 2. The largest absolute Gasteiger partial charge is 0.338 e. The molecule has 0 radical (unpaired) electrons. The van der Waals surface area contributed by atoms with Crippen molar-refractivity contribution in [3.05, 3.63) is 30.3 Å². The van der Waals surface area contributed by atoms with Gasteiger partial charge in [-0.05, 0) is 12.1 Å². The number of rotatable bonds is 1. The lowest BCUT2D eigenvalue weighted by Gasteiger charge is -1.95. The van der Waals surface area contributed by atoms with Gasteiger partial charge in [0.2, 0.25) is 0 Å². The average molecular weight is 150 g/mol. The van der Waals surface area contributed by atoms with Crippen LogP contribution in [0.1, 0.15) is 0 Å². The van der Waals surface area contributed by atoms with Crippen LogP contribution in [0.4, 0.5) is 5.69 Å². The molecule has 0 saturated carbocycles. The van der Waals surface area contributed by atoms with E-state index in [1.807, 2.05) is 35.6 Å². The van der Waals surface area contributed by atoms with E-state index in [2.05, 4.69) is 4.99 Å². The summed E-state index contributed by atoms with van der Waals surface area (Å²) in [6, 6.07) is 9.87. The first-order chi connectivity index (χ1) is 5.33. The second-order valence-corrected chi connectivity index (χ2v) is 2.20. The van der Waals surface area contributed by atoms with E-state index in [0.29, 0.717) is 5.96 Å². The molecule has 3 heteroatoms. The monoisotopic (exact) mass is 150 g/mol. The summed E-state index contributed by atoms with van der Waals surface area (Å²) in [6.45, 7) is 0. The van der Waals surface area contributed by atoms with Crippen LogP contribution in [-0.4, -0.2) is 13.0 Å². The Kier molecular flexibility index (Phi) is 2.63. The highest BCUT2D eigenvalue weighted by Gasteiger charge is 1.96. The molecule has 11 heavy (non-hydrogen) atoms. The third kappa shape index (κ3) is 2.39. The first-order valence-corrected chi connectivity index (χ1v) is 3.45. The van der Waals surface area contributed by atoms with Crippen molar-refractivity contribution in [3.63, 3.8) is 0 Å². The molecule has 58 valence electrons. The zero-order valence-corrected chi connectivity index (χ0v) is 6.49. The van der Waals surface area contributed by atoms with E-state index in [1.54, 1.807) is 7.05 Å². The average Bonchev–Trinajstić information content (AvgIpc) is 2.06. The predicted molar refractivity (Wildman–Crippen MR) is 45.6 cm³/mol. The van der Waals surface area contributed by atoms with Gasteiger partial charge >= 0.3 is 0 Å². The highest BCUT2D eigenvalue weighted by molar-refractivity contribution is 5.69. The fourth-order valence-corrected chi connectivity index (χ4v) is 0.785. The van der Waals surface area contributed by atoms with E-state index in [-0.39, 0.29) is 0 Å². The number of hydrogen-bond donors (Lipinski definition) is 2. The minimum atomic E-state index is 0.552. The summed E-state index contributed by atoms with van der Waals surface area (Å²) in [5, 5.41) is 1.83. The van der Waals surface area contributed by atoms with Gasteiger partial charge in [-0.25, -0.2) is 4.99 Å². The summed E-state index contributed by atoms with van der Waals surface area (Å²) in [4.78, 5) is 3.82. The highest BCUT2D eigenvalue weighted by Crippen LogP contribution is 1.95. The van der Waals surface area contributed by atoms with Gasteiger partial charge in [0.25, 0.3) is 5.96 Å². The van der Waals surface area contributed by atoms with Crippen molar-refractivity contribution in [3.8, 4) is 0 Å². The lowest BCUT2D eigenvalue weighted by molar-refractivity contribution is -0.446. The van der Waals surface area contributed by atoms with Crippen LogP contribution in [0.5, 0.6) is 0 Å². The van der Waals surface area contributed by atoms with Gasteiger partial charge in [0, 0.05) is 7.05 Å². The molecule has 0 bridgehead atoms. The molecule has 0 aliphatic carbocycles. The van der Waals surface area contributed by atoms with Crippen molar-refractivity contribution in [2.75, 3.05) is 7.05 Å². The van der Waals surface area contributed by atoms with Crippen LogP contribution < -0.4 is 11.1 Å². The van der Waals surface area contributed by atoms with Gasteiger partial charge in [-0.15, -0.1) is 0 Å². The zero-order chi connectivity index (χ0) is 8.10. The maximum Gasteiger partial charge on any atom is 0.296 e. The molecule has 0 saturated heterocycles. The highest BCUT2D eigenvalue weighted by atomic mass is 15.1. The van der Waals surface area contributed by atoms with E-state index >= 15 is 0 Å². The lowest BCUT2D eigenvalue weighted by Crippen LogP contribution is -2.85. The van der Waals surface area contributed by atoms with Crippen LogP contribution in [0.2, 0.25) is 0 Å². The number of guanidine groups is 1. The molecule has 1 aromatic carbocycles. The molecule has 0 aliphatic rings. The van der Waals surface area contributed by atoms with Crippen LogP contribution in [0, 0.1) is 0 Å². The summed E-state index contributed by atoms with van der Waals surface area (Å²) < 4.78 is 0. The molecule has 3 nitrogen and oxygen atoms in total. The molecule has 0 unspecified atom stereocenters. The summed E-state index contributed by atoms with van der Waals surface area (Å²) in [7, 11) is 1.68. The van der Waals surface area contributed by atoms with Crippen molar-refractivity contribution in [2.45, 2.75) is 0 Å². The van der Waals surface area contributed by atoms with E-state index in [0.717, 1.165) is 5.69 Å². The van der Waals surface area contributed by atoms with Gasteiger partial charge in [-0.3, -0.25) is 5.32 Å². The van der Waals surface area contributed by atoms with E-state index in [9.17, 15) is 0 Å². The number of nitrogens with zero attached hydrogens (tertiary/aromatic N) is 1. The zero-order valence-electron chi connectivity index (χ0n) is 6.49. The fraction of sp³-hybridized carbons (Fsp3) is 0.125. The number of aliphatic imine (C=N–C) groups is 1. The second-order valence-electron chi connectivity index (χ2n) is 2.20. The molecule has 1 rings (SSSR count). The summed E-state index contributed by atoms with van der Waals surface area (Å²) in [5.74, 6) is 0.552. The fourth-order valence-electron chi connectivity index (χ4n) is 0.785. The van der Waals surface area contributed by atoms with Crippen LogP contribution >= 0.6 is 0 Å². The Morgan fingerprint density at radius 2 is 2.00 bits per heavy atom. The smallest absolute Gasteiger partial charge is 0.296 e. The summed E-state index contributed by atoms with van der Waals surface area (Å²) in [5.41, 5.74) is 6.58. The molecule has 4 N–H and O–H groups in total. The van der Waals surface area contributed by atoms with E-state index in [1.165, 1.54) is 0 Å². The Balaban J connectivity index is 2.65. The minimum Gasteiger partial charge on any atom is -0.338 e. The predicted octanol–water partition coefficient (Wildman–Crippen LogP) is -0.174. The molecular formula is C8H12N3+. The SMILES string of the molecule is CN=C(N)[NH2+]c1ccccc1. The molecule has 0 aliphatic heterocycles. The van der Waals surface area contributed by atoms with Gasteiger partial charge in [-0.1, -0.05) is 18.2 Å². The Bertz CT molecular complexity index is 241. The summed E-state index contributed by atoms with van der Waals surface area (Å²) >= 11 is 0. The minimum absolute atomic E-state index is 0.552. The Morgan fingerprint density at radius 1 is 1.36 bits per heavy atom. The molecular weight excluding hydrogens is 138 g/mol. The van der Waals surface area contributed by atoms with Crippen molar-refractivity contribution in [1.29, 1.82) is 0 Å². The van der Waals surface area contributed by atoms with Crippen LogP contribution in [0.3, 0.4) is 0 Å². The number of para-hydroxylation sites is 1. The van der Waals surface area contributed by atoms with Gasteiger partial charge < -0.3 is 5.73 Å². The normalized spacial score (nSPS) is 11.5. The van der Waals surface area contributed by atoms with Gasteiger partial charge in [0.15, 0.2) is 0 Å². The topological polar surface area (TPSA) is 55.0 Å². The van der Waals surface area contributed by atoms with Crippen LogP contribution in [0.25, 0.3) is 0 Å². The Labute approximate surface area is 65.9 Å². The maximum absolute atomic E-state index is 5.50. The quantitative estimate of drug-likeness (QED) is 0.326. The number of quaternary nitrogens is 1. The van der Waals surface area contributed by atoms with Crippen molar-refractivity contribution in [1.82, 2.24) is 0 Å². The first kappa shape index (κ1) is 7.75. The third-order valence-corrected chi connectivity index (χ3v) is 1.37. The Morgan fingerprint density at radius 3 is 2.55 bits per heavy atom. The van der Waals surface area contributed by atoms with Crippen molar-refractivity contribution >= 4 is 11.6 Å². The molecule has 0 fully saturated rings. The summed E-state index contributed by atoms with van der Waals surface area (Å²) in [6.07, 6.45) is 0. The molecule has 1 aromatic rings. The van der Waals surface area contributed by atoms with Crippen LogP contribution in [0.15, 0.2) is 35.3 Å². The van der Waals surface area contributed by atoms with Crippen LogP contribution in [-0.2, 0) is 0 Å². The molecule has 0 aromatic heterocycles. The number of hydrogen-bond acceptors (Lipinski definition) is 1. The first-order valence-electron chi connectivity index (χ1n) is 3.45. The standard InChI is InChI=1S/C8H11N3/c1-10-8(9)11-7-5-3-2-4-6-7/h2-6H,1H3,(H3,9,10,11)/p+1. The van der Waals surface area contributed by atoms with Gasteiger partial charge in [0.05, 0.1) is 0 Å². The van der Waals surface area contributed by atoms with E-state index < -0.39 is 0 Å². The molecule has 0 atom stereocenters. The van der Waals surface area contributed by atoms with Crippen molar-refractivity contribution in [2.24, 2.45) is 10.7 Å². The van der Waals surface area contributed by atoms with Gasteiger partial charge in [0.1, 0.15) is 5.69 Å².